The Kier molecular flexibility index (Phi) is 5.18. The first kappa shape index (κ1) is 12.0. The number of rotatable bonds is 4. The van der Waals surface area contributed by atoms with E-state index in [1.54, 1.807) is 7.11 Å². The molecule has 15 heavy (non-hydrogen) atoms. The van der Waals surface area contributed by atoms with Gasteiger partial charge in [0.25, 0.3) is 0 Å². The molecule has 0 spiro atoms. The third kappa shape index (κ3) is 3.55. The molecule has 0 saturated heterocycles. The van der Waals surface area contributed by atoms with Crippen molar-refractivity contribution < 1.29 is 9.47 Å². The lowest BCUT2D eigenvalue weighted by atomic mass is 9.83. The summed E-state index contributed by atoms with van der Waals surface area (Å²) in [4.78, 5) is 0. The van der Waals surface area contributed by atoms with Crippen molar-refractivity contribution in [3.8, 4) is 18.4 Å². The minimum atomic E-state index is 0.0884. The maximum atomic E-state index is 8.64. The molecule has 3 heteroatoms. The molecule has 1 saturated carbocycles. The standard InChI is InChI=1S/C12H17NO2/c1-3-8-15-11-5-4-10(6-7-13)9-12(11)14-2/h1,10-12H,4-6,8-9H2,2H3. The lowest BCUT2D eigenvalue weighted by Gasteiger charge is -2.33. The second-order valence-corrected chi connectivity index (χ2v) is 3.87. The molecule has 0 aromatic carbocycles. The molecule has 0 aromatic rings. The van der Waals surface area contributed by atoms with Crippen molar-refractivity contribution in [2.75, 3.05) is 13.7 Å². The lowest BCUT2D eigenvalue weighted by Crippen LogP contribution is -2.37. The van der Waals surface area contributed by atoms with Gasteiger partial charge in [0, 0.05) is 13.5 Å². The third-order valence-corrected chi connectivity index (χ3v) is 2.90. The summed E-state index contributed by atoms with van der Waals surface area (Å²) in [6, 6.07) is 2.21. The summed E-state index contributed by atoms with van der Waals surface area (Å²) in [6.07, 6.45) is 8.82. The molecule has 82 valence electrons. The van der Waals surface area contributed by atoms with Gasteiger partial charge in [0.05, 0.1) is 18.3 Å². The number of nitriles is 1. The Morgan fingerprint density at radius 1 is 1.40 bits per heavy atom. The zero-order chi connectivity index (χ0) is 11.1. The fraction of sp³-hybridized carbons (Fsp3) is 0.750. The van der Waals surface area contributed by atoms with E-state index in [4.69, 9.17) is 21.2 Å². The summed E-state index contributed by atoms with van der Waals surface area (Å²) >= 11 is 0. The molecule has 3 nitrogen and oxygen atoms in total. The van der Waals surface area contributed by atoms with Crippen LogP contribution in [-0.2, 0) is 9.47 Å². The fourth-order valence-corrected chi connectivity index (χ4v) is 2.09. The van der Waals surface area contributed by atoms with Gasteiger partial charge in [0.1, 0.15) is 6.61 Å². The second kappa shape index (κ2) is 6.45. The van der Waals surface area contributed by atoms with Crippen LogP contribution in [0.1, 0.15) is 25.7 Å². The summed E-state index contributed by atoms with van der Waals surface area (Å²) in [5.74, 6) is 2.92. The average molecular weight is 207 g/mol. The highest BCUT2D eigenvalue weighted by Gasteiger charge is 2.30. The van der Waals surface area contributed by atoms with Gasteiger partial charge in [-0.25, -0.2) is 0 Å². The quantitative estimate of drug-likeness (QED) is 0.659. The molecule has 0 aromatic heterocycles. The normalized spacial score (nSPS) is 30.5. The van der Waals surface area contributed by atoms with Gasteiger partial charge in [0.2, 0.25) is 0 Å². The predicted octanol–water partition coefficient (Wildman–Crippen LogP) is 1.73. The summed E-state index contributed by atoms with van der Waals surface area (Å²) in [5.41, 5.74) is 0. The van der Waals surface area contributed by atoms with Gasteiger partial charge in [-0.05, 0) is 25.2 Å². The zero-order valence-electron chi connectivity index (χ0n) is 9.11. The Morgan fingerprint density at radius 2 is 2.20 bits per heavy atom. The molecule has 0 N–H and O–H groups in total. The van der Waals surface area contributed by atoms with Crippen molar-refractivity contribution in [2.45, 2.75) is 37.9 Å². The minimum absolute atomic E-state index is 0.0884. The van der Waals surface area contributed by atoms with Gasteiger partial charge in [-0.2, -0.15) is 5.26 Å². The Labute approximate surface area is 91.4 Å². The maximum absolute atomic E-state index is 8.64. The predicted molar refractivity (Wildman–Crippen MR) is 56.9 cm³/mol. The van der Waals surface area contributed by atoms with E-state index in [1.807, 2.05) is 0 Å². The van der Waals surface area contributed by atoms with E-state index in [2.05, 4.69) is 12.0 Å². The third-order valence-electron chi connectivity index (χ3n) is 2.90. The maximum Gasteiger partial charge on any atom is 0.107 e. The van der Waals surface area contributed by atoms with Crippen LogP contribution in [0.2, 0.25) is 0 Å². The van der Waals surface area contributed by atoms with Gasteiger partial charge in [-0.1, -0.05) is 5.92 Å². The zero-order valence-corrected chi connectivity index (χ0v) is 9.11. The summed E-state index contributed by atoms with van der Waals surface area (Å²) in [6.45, 7) is 0.341. The van der Waals surface area contributed by atoms with E-state index in [1.165, 1.54) is 0 Å². The van der Waals surface area contributed by atoms with Crippen LogP contribution >= 0.6 is 0 Å². The molecule has 0 radical (unpaired) electrons. The number of ether oxygens (including phenoxy) is 2. The highest BCUT2D eigenvalue weighted by atomic mass is 16.5. The number of nitrogens with zero attached hydrogens (tertiary/aromatic N) is 1. The number of methoxy groups -OCH3 is 1. The minimum Gasteiger partial charge on any atom is -0.379 e. The monoisotopic (exact) mass is 207 g/mol. The molecule has 1 aliphatic rings. The fourth-order valence-electron chi connectivity index (χ4n) is 2.09. The van der Waals surface area contributed by atoms with Crippen LogP contribution < -0.4 is 0 Å². The van der Waals surface area contributed by atoms with Crippen LogP contribution in [0.25, 0.3) is 0 Å². The summed E-state index contributed by atoms with van der Waals surface area (Å²) in [7, 11) is 1.69. The molecule has 0 heterocycles. The first-order valence-electron chi connectivity index (χ1n) is 5.26. The van der Waals surface area contributed by atoms with E-state index in [0.29, 0.717) is 18.9 Å². The SMILES string of the molecule is C#CCOC1CCC(CC#N)CC1OC. The molecule has 1 fully saturated rings. The smallest absolute Gasteiger partial charge is 0.107 e. The average Bonchev–Trinajstić information content (AvgIpc) is 2.27. The molecule has 3 unspecified atom stereocenters. The number of hydrogen-bond acceptors (Lipinski definition) is 3. The van der Waals surface area contributed by atoms with Crippen molar-refractivity contribution in [1.82, 2.24) is 0 Å². The highest BCUT2D eigenvalue weighted by molar-refractivity contribution is 4.89. The lowest BCUT2D eigenvalue weighted by molar-refractivity contribution is -0.0784. The topological polar surface area (TPSA) is 42.2 Å². The molecule has 3 atom stereocenters. The Morgan fingerprint density at radius 3 is 2.80 bits per heavy atom. The Bertz CT molecular complexity index is 264. The van der Waals surface area contributed by atoms with Crippen LogP contribution in [0.5, 0.6) is 0 Å². The van der Waals surface area contributed by atoms with Crippen molar-refractivity contribution >= 4 is 0 Å². The van der Waals surface area contributed by atoms with Crippen LogP contribution in [0.4, 0.5) is 0 Å². The van der Waals surface area contributed by atoms with E-state index < -0.39 is 0 Å². The van der Waals surface area contributed by atoms with Gasteiger partial charge >= 0.3 is 0 Å². The van der Waals surface area contributed by atoms with Crippen molar-refractivity contribution in [1.29, 1.82) is 5.26 Å². The molecular formula is C12H17NO2. The van der Waals surface area contributed by atoms with E-state index in [-0.39, 0.29) is 12.2 Å². The van der Waals surface area contributed by atoms with E-state index in [0.717, 1.165) is 19.3 Å². The van der Waals surface area contributed by atoms with Crippen molar-refractivity contribution in [3.63, 3.8) is 0 Å². The van der Waals surface area contributed by atoms with Gasteiger partial charge < -0.3 is 9.47 Å². The van der Waals surface area contributed by atoms with Crippen LogP contribution in [-0.4, -0.2) is 25.9 Å². The Balaban J connectivity index is 2.43. The van der Waals surface area contributed by atoms with Gasteiger partial charge in [0.15, 0.2) is 0 Å². The summed E-state index contributed by atoms with van der Waals surface area (Å²) < 4.78 is 10.9. The summed E-state index contributed by atoms with van der Waals surface area (Å²) in [5, 5.41) is 8.64. The molecular weight excluding hydrogens is 190 g/mol. The van der Waals surface area contributed by atoms with Gasteiger partial charge in [-0.15, -0.1) is 6.42 Å². The van der Waals surface area contributed by atoms with Crippen LogP contribution in [0.15, 0.2) is 0 Å². The molecule has 0 bridgehead atoms. The van der Waals surface area contributed by atoms with E-state index in [9.17, 15) is 0 Å². The first-order valence-corrected chi connectivity index (χ1v) is 5.26. The second-order valence-electron chi connectivity index (χ2n) is 3.87. The molecule has 1 aliphatic carbocycles. The molecule has 0 amide bonds. The number of hydrogen-bond donors (Lipinski definition) is 0. The Hall–Kier alpha value is -1.03. The van der Waals surface area contributed by atoms with Crippen LogP contribution in [0.3, 0.4) is 0 Å². The van der Waals surface area contributed by atoms with E-state index >= 15 is 0 Å². The molecule has 1 rings (SSSR count). The largest absolute Gasteiger partial charge is 0.379 e. The van der Waals surface area contributed by atoms with Crippen molar-refractivity contribution in [2.24, 2.45) is 5.92 Å². The highest BCUT2D eigenvalue weighted by Crippen LogP contribution is 2.30. The van der Waals surface area contributed by atoms with Gasteiger partial charge in [-0.3, -0.25) is 0 Å². The first-order chi connectivity index (χ1) is 7.31. The number of terminal acetylenes is 1. The molecule has 0 aliphatic heterocycles. The van der Waals surface area contributed by atoms with Crippen molar-refractivity contribution in [3.05, 3.63) is 0 Å². The van der Waals surface area contributed by atoms with Crippen LogP contribution in [0, 0.1) is 29.6 Å².